The van der Waals surface area contributed by atoms with Gasteiger partial charge in [0.15, 0.2) is 0 Å². The van der Waals surface area contributed by atoms with Gasteiger partial charge >= 0.3 is 0 Å². The molecule has 0 aliphatic rings. The van der Waals surface area contributed by atoms with Crippen LogP contribution in [0, 0.1) is 11.3 Å². The van der Waals surface area contributed by atoms with Gasteiger partial charge in [0.1, 0.15) is 0 Å². The summed E-state index contributed by atoms with van der Waals surface area (Å²) in [5.41, 5.74) is 3.31. The Bertz CT molecular complexity index is 674. The highest BCUT2D eigenvalue weighted by atomic mass is 16.1. The second-order valence-electron chi connectivity index (χ2n) is 4.61. The first-order valence-electron chi connectivity index (χ1n) is 6.84. The van der Waals surface area contributed by atoms with Crippen LogP contribution >= 0.6 is 0 Å². The molecule has 0 saturated heterocycles. The number of hydrogen-bond acceptors (Lipinski definition) is 3. The van der Waals surface area contributed by atoms with Gasteiger partial charge in [0.25, 0.3) is 0 Å². The van der Waals surface area contributed by atoms with Crippen LogP contribution in [0.25, 0.3) is 0 Å². The summed E-state index contributed by atoms with van der Waals surface area (Å²) < 4.78 is 0. The first-order valence-corrected chi connectivity index (χ1v) is 6.84. The minimum atomic E-state index is -0.143. The molecule has 1 amide bonds. The number of anilines is 2. The smallest absolute Gasteiger partial charge is 0.243 e. The molecular weight excluding hydrogens is 262 g/mol. The first-order chi connectivity index (χ1) is 10.2. The third-order valence-corrected chi connectivity index (χ3v) is 3.11. The molecule has 4 nitrogen and oxygen atoms in total. The summed E-state index contributed by atoms with van der Waals surface area (Å²) in [4.78, 5) is 11.9. The van der Waals surface area contributed by atoms with E-state index < -0.39 is 0 Å². The average Bonchev–Trinajstić information content (AvgIpc) is 2.53. The SMILES string of the molecule is CCc1ccccc1NCC(=O)Nc1cccc(C#N)c1. The van der Waals surface area contributed by atoms with Crippen molar-refractivity contribution in [1.29, 1.82) is 5.26 Å². The average molecular weight is 279 g/mol. The van der Waals surface area contributed by atoms with Gasteiger partial charge in [-0.3, -0.25) is 4.79 Å². The largest absolute Gasteiger partial charge is 0.376 e. The van der Waals surface area contributed by atoms with E-state index in [0.717, 1.165) is 12.1 Å². The number of rotatable bonds is 5. The minimum absolute atomic E-state index is 0.143. The maximum absolute atomic E-state index is 11.9. The van der Waals surface area contributed by atoms with Crippen LogP contribution in [0.4, 0.5) is 11.4 Å². The molecule has 0 spiro atoms. The van der Waals surface area contributed by atoms with E-state index in [4.69, 9.17) is 5.26 Å². The van der Waals surface area contributed by atoms with Gasteiger partial charge in [0.05, 0.1) is 18.2 Å². The number of benzene rings is 2. The number of hydrogen-bond donors (Lipinski definition) is 2. The van der Waals surface area contributed by atoms with Gasteiger partial charge in [-0.05, 0) is 36.2 Å². The Morgan fingerprint density at radius 3 is 2.76 bits per heavy atom. The predicted octanol–water partition coefficient (Wildman–Crippen LogP) is 3.17. The molecule has 2 rings (SSSR count). The van der Waals surface area contributed by atoms with Crippen LogP contribution in [0.15, 0.2) is 48.5 Å². The standard InChI is InChI=1S/C17H17N3O/c1-2-14-7-3-4-9-16(14)19-12-17(21)20-15-8-5-6-13(10-15)11-18/h3-10,19H,2,12H2,1H3,(H,20,21). The number of nitrogens with zero attached hydrogens (tertiary/aromatic N) is 1. The summed E-state index contributed by atoms with van der Waals surface area (Å²) in [6, 6.07) is 16.8. The number of carbonyl (C=O) groups is 1. The van der Waals surface area contributed by atoms with E-state index >= 15 is 0 Å². The number of para-hydroxylation sites is 1. The maximum atomic E-state index is 11.9. The van der Waals surface area contributed by atoms with E-state index in [9.17, 15) is 4.79 Å². The summed E-state index contributed by atoms with van der Waals surface area (Å²) in [7, 11) is 0. The Hall–Kier alpha value is -2.80. The van der Waals surface area contributed by atoms with Gasteiger partial charge in [-0.25, -0.2) is 0 Å². The number of amides is 1. The molecule has 21 heavy (non-hydrogen) atoms. The quantitative estimate of drug-likeness (QED) is 0.883. The van der Waals surface area contributed by atoms with Crippen LogP contribution in [0.3, 0.4) is 0 Å². The molecule has 0 atom stereocenters. The lowest BCUT2D eigenvalue weighted by atomic mass is 10.1. The van der Waals surface area contributed by atoms with Crippen LogP contribution in [-0.2, 0) is 11.2 Å². The summed E-state index contributed by atoms with van der Waals surface area (Å²) in [5, 5.41) is 14.7. The zero-order chi connectivity index (χ0) is 15.1. The monoisotopic (exact) mass is 279 g/mol. The first kappa shape index (κ1) is 14.6. The normalized spacial score (nSPS) is 9.71. The lowest BCUT2D eigenvalue weighted by Crippen LogP contribution is -2.22. The van der Waals surface area contributed by atoms with E-state index in [1.54, 1.807) is 24.3 Å². The topological polar surface area (TPSA) is 64.9 Å². The molecule has 106 valence electrons. The minimum Gasteiger partial charge on any atom is -0.376 e. The van der Waals surface area contributed by atoms with Crippen molar-refractivity contribution in [3.63, 3.8) is 0 Å². The fraction of sp³-hybridized carbons (Fsp3) is 0.176. The molecule has 0 radical (unpaired) electrons. The molecule has 0 aliphatic carbocycles. The molecule has 0 saturated carbocycles. The second-order valence-corrected chi connectivity index (χ2v) is 4.61. The van der Waals surface area contributed by atoms with Gasteiger partial charge in [0, 0.05) is 11.4 Å². The van der Waals surface area contributed by atoms with E-state index in [-0.39, 0.29) is 12.5 Å². The number of aryl methyl sites for hydroxylation is 1. The molecule has 0 unspecified atom stereocenters. The van der Waals surface area contributed by atoms with E-state index in [2.05, 4.69) is 17.6 Å². The fourth-order valence-corrected chi connectivity index (χ4v) is 2.05. The summed E-state index contributed by atoms with van der Waals surface area (Å²) in [6.45, 7) is 2.27. The highest BCUT2D eigenvalue weighted by molar-refractivity contribution is 5.94. The highest BCUT2D eigenvalue weighted by Gasteiger charge is 2.04. The molecule has 0 fully saturated rings. The summed E-state index contributed by atoms with van der Waals surface area (Å²) >= 11 is 0. The van der Waals surface area contributed by atoms with Crippen molar-refractivity contribution in [2.75, 3.05) is 17.2 Å². The molecule has 0 heterocycles. The van der Waals surface area contributed by atoms with Crippen molar-refractivity contribution in [3.8, 4) is 6.07 Å². The lowest BCUT2D eigenvalue weighted by molar-refractivity contribution is -0.114. The zero-order valence-electron chi connectivity index (χ0n) is 11.9. The predicted molar refractivity (Wildman–Crippen MR) is 84.1 cm³/mol. The van der Waals surface area contributed by atoms with Crippen molar-refractivity contribution in [1.82, 2.24) is 0 Å². The van der Waals surface area contributed by atoms with Gasteiger partial charge in [0.2, 0.25) is 5.91 Å². The molecule has 0 aliphatic heterocycles. The Morgan fingerprint density at radius 1 is 1.19 bits per heavy atom. The van der Waals surface area contributed by atoms with E-state index in [1.165, 1.54) is 5.56 Å². The number of nitrogens with one attached hydrogen (secondary N) is 2. The Morgan fingerprint density at radius 2 is 2.00 bits per heavy atom. The second kappa shape index (κ2) is 7.11. The highest BCUT2D eigenvalue weighted by Crippen LogP contribution is 2.15. The van der Waals surface area contributed by atoms with Crippen LogP contribution in [-0.4, -0.2) is 12.5 Å². The van der Waals surface area contributed by atoms with Gasteiger partial charge in [-0.2, -0.15) is 5.26 Å². The summed E-state index contributed by atoms with van der Waals surface area (Å²) in [5.74, 6) is -0.143. The third-order valence-electron chi connectivity index (χ3n) is 3.11. The van der Waals surface area contributed by atoms with Gasteiger partial charge in [-0.1, -0.05) is 31.2 Å². The Kier molecular flexibility index (Phi) is 4.94. The maximum Gasteiger partial charge on any atom is 0.243 e. The van der Waals surface area contributed by atoms with E-state index in [0.29, 0.717) is 11.3 Å². The molecule has 2 aromatic rings. The van der Waals surface area contributed by atoms with Gasteiger partial charge < -0.3 is 10.6 Å². The van der Waals surface area contributed by atoms with Crippen molar-refractivity contribution in [2.45, 2.75) is 13.3 Å². The molecule has 2 aromatic carbocycles. The zero-order valence-corrected chi connectivity index (χ0v) is 11.9. The third kappa shape index (κ3) is 4.08. The number of carbonyl (C=O) groups excluding carboxylic acids is 1. The molecule has 0 aromatic heterocycles. The van der Waals surface area contributed by atoms with Crippen molar-refractivity contribution in [3.05, 3.63) is 59.7 Å². The van der Waals surface area contributed by atoms with Crippen LogP contribution in [0.2, 0.25) is 0 Å². The summed E-state index contributed by atoms with van der Waals surface area (Å²) in [6.07, 6.45) is 0.912. The molecular formula is C17H17N3O. The van der Waals surface area contributed by atoms with Crippen molar-refractivity contribution < 1.29 is 4.79 Å². The molecule has 2 N–H and O–H groups in total. The van der Waals surface area contributed by atoms with Crippen LogP contribution in [0.5, 0.6) is 0 Å². The Labute approximate surface area is 124 Å². The van der Waals surface area contributed by atoms with Crippen molar-refractivity contribution >= 4 is 17.3 Å². The van der Waals surface area contributed by atoms with E-state index in [1.807, 2.05) is 30.3 Å². The Balaban J connectivity index is 1.94. The van der Waals surface area contributed by atoms with Crippen molar-refractivity contribution in [2.24, 2.45) is 0 Å². The van der Waals surface area contributed by atoms with Crippen LogP contribution in [0.1, 0.15) is 18.1 Å². The van der Waals surface area contributed by atoms with Crippen LogP contribution < -0.4 is 10.6 Å². The number of nitriles is 1. The van der Waals surface area contributed by atoms with Gasteiger partial charge in [-0.15, -0.1) is 0 Å². The molecule has 0 bridgehead atoms. The molecule has 4 heteroatoms. The fourth-order valence-electron chi connectivity index (χ4n) is 2.05. The lowest BCUT2D eigenvalue weighted by Gasteiger charge is -2.11.